The molecule has 0 saturated carbocycles. The van der Waals surface area contributed by atoms with Gasteiger partial charge < -0.3 is 14.5 Å². The molecule has 3 rings (SSSR count). The van der Waals surface area contributed by atoms with Crippen LogP contribution < -0.4 is 10.9 Å². The summed E-state index contributed by atoms with van der Waals surface area (Å²) in [6, 6.07) is 7.45. The zero-order valence-electron chi connectivity index (χ0n) is 19.0. The predicted molar refractivity (Wildman–Crippen MR) is 126 cm³/mol. The van der Waals surface area contributed by atoms with E-state index >= 15 is 0 Å². The first-order valence-electron chi connectivity index (χ1n) is 10.4. The molecule has 178 valence electrons. The SMILES string of the molecule is Cc1cc2oc(=O)cc(COC(=O)C(NC(=O)c3ccc(Cl)c([N+](=O)[O-])c3)C(C)C)c2cc1C. The standard InChI is InChI=1S/C24H23ClN2O7/c1-12(2)22(26-23(29)15-5-6-18(25)19(9-15)27(31)32)24(30)33-11-16-10-21(28)34-20-8-14(4)13(3)7-17(16)20/h5-10,12,22H,11H2,1-4H3,(H,26,29). The van der Waals surface area contributed by atoms with Gasteiger partial charge in [0.1, 0.15) is 23.3 Å². The zero-order chi connectivity index (χ0) is 25.2. The third kappa shape index (κ3) is 5.43. The topological polar surface area (TPSA) is 129 Å². The molecule has 2 aromatic carbocycles. The van der Waals surface area contributed by atoms with Crippen LogP contribution in [0.5, 0.6) is 0 Å². The number of benzene rings is 2. The van der Waals surface area contributed by atoms with E-state index in [9.17, 15) is 24.5 Å². The van der Waals surface area contributed by atoms with E-state index in [1.807, 2.05) is 19.9 Å². The van der Waals surface area contributed by atoms with Gasteiger partial charge in [0.2, 0.25) is 0 Å². The second-order valence-corrected chi connectivity index (χ2v) is 8.66. The number of halogens is 1. The van der Waals surface area contributed by atoms with Crippen molar-refractivity contribution in [1.29, 1.82) is 0 Å². The first kappa shape index (κ1) is 24.9. The summed E-state index contributed by atoms with van der Waals surface area (Å²) in [7, 11) is 0. The van der Waals surface area contributed by atoms with Gasteiger partial charge in [0.25, 0.3) is 11.6 Å². The van der Waals surface area contributed by atoms with Crippen LogP contribution in [0.15, 0.2) is 45.6 Å². The molecular weight excluding hydrogens is 464 g/mol. The van der Waals surface area contributed by atoms with Crippen LogP contribution in [-0.2, 0) is 16.1 Å². The Morgan fingerprint density at radius 3 is 2.47 bits per heavy atom. The summed E-state index contributed by atoms with van der Waals surface area (Å²) in [4.78, 5) is 47.9. The number of nitro groups is 1. The monoisotopic (exact) mass is 486 g/mol. The molecule has 0 radical (unpaired) electrons. The highest BCUT2D eigenvalue weighted by atomic mass is 35.5. The molecule has 10 heteroatoms. The van der Waals surface area contributed by atoms with Crippen molar-refractivity contribution in [3.05, 3.63) is 84.2 Å². The van der Waals surface area contributed by atoms with E-state index < -0.39 is 34.2 Å². The van der Waals surface area contributed by atoms with Crippen LogP contribution in [0.2, 0.25) is 5.02 Å². The number of ether oxygens (including phenoxy) is 1. The highest BCUT2D eigenvalue weighted by Gasteiger charge is 2.27. The van der Waals surface area contributed by atoms with Gasteiger partial charge in [-0.25, -0.2) is 9.59 Å². The number of carbonyl (C=O) groups excluding carboxylic acids is 2. The predicted octanol–water partition coefficient (Wildman–Crippen LogP) is 4.47. The molecule has 0 fully saturated rings. The Morgan fingerprint density at radius 1 is 1.15 bits per heavy atom. The maximum atomic E-state index is 12.8. The summed E-state index contributed by atoms with van der Waals surface area (Å²) in [5, 5.41) is 14.2. The fraction of sp³-hybridized carbons (Fsp3) is 0.292. The number of esters is 1. The number of carbonyl (C=O) groups is 2. The Bertz CT molecular complexity index is 1350. The summed E-state index contributed by atoms with van der Waals surface area (Å²) in [6.07, 6.45) is 0. The van der Waals surface area contributed by atoms with E-state index in [2.05, 4.69) is 5.32 Å². The van der Waals surface area contributed by atoms with E-state index in [0.29, 0.717) is 16.5 Å². The fourth-order valence-electron chi connectivity index (χ4n) is 3.36. The van der Waals surface area contributed by atoms with Gasteiger partial charge in [0, 0.05) is 28.6 Å². The Hall–Kier alpha value is -3.72. The van der Waals surface area contributed by atoms with Gasteiger partial charge in [-0.15, -0.1) is 0 Å². The van der Waals surface area contributed by atoms with Gasteiger partial charge in [0.15, 0.2) is 0 Å². The maximum Gasteiger partial charge on any atom is 0.336 e. The summed E-state index contributed by atoms with van der Waals surface area (Å²) in [6.45, 7) is 7.05. The van der Waals surface area contributed by atoms with E-state index in [4.69, 9.17) is 20.8 Å². The number of fused-ring (bicyclic) bond motifs is 1. The average Bonchev–Trinajstić information content (AvgIpc) is 2.76. The van der Waals surface area contributed by atoms with E-state index in [0.717, 1.165) is 17.2 Å². The summed E-state index contributed by atoms with van der Waals surface area (Å²) in [5.74, 6) is -1.74. The molecule has 3 aromatic rings. The lowest BCUT2D eigenvalue weighted by Gasteiger charge is -2.21. The Kier molecular flexibility index (Phi) is 7.36. The smallest absolute Gasteiger partial charge is 0.336 e. The largest absolute Gasteiger partial charge is 0.459 e. The molecule has 1 amide bonds. The van der Waals surface area contributed by atoms with Crippen molar-refractivity contribution in [2.24, 2.45) is 5.92 Å². The average molecular weight is 487 g/mol. The van der Waals surface area contributed by atoms with Crippen molar-refractivity contribution in [3.8, 4) is 0 Å². The lowest BCUT2D eigenvalue weighted by Crippen LogP contribution is -2.45. The summed E-state index contributed by atoms with van der Waals surface area (Å²) in [5.41, 5.74) is 1.79. The minimum absolute atomic E-state index is 0.0212. The van der Waals surface area contributed by atoms with E-state index in [1.54, 1.807) is 19.9 Å². The highest BCUT2D eigenvalue weighted by molar-refractivity contribution is 6.32. The van der Waals surface area contributed by atoms with Crippen LogP contribution in [-0.4, -0.2) is 22.8 Å². The van der Waals surface area contributed by atoms with Crippen molar-refractivity contribution in [1.82, 2.24) is 5.32 Å². The van der Waals surface area contributed by atoms with Crippen molar-refractivity contribution in [3.63, 3.8) is 0 Å². The molecule has 0 saturated heterocycles. The molecule has 1 unspecified atom stereocenters. The Balaban J connectivity index is 1.79. The van der Waals surface area contributed by atoms with Crippen LogP contribution in [0.1, 0.15) is 40.9 Å². The van der Waals surface area contributed by atoms with E-state index in [1.165, 1.54) is 18.2 Å². The van der Waals surface area contributed by atoms with Crippen LogP contribution >= 0.6 is 11.6 Å². The number of nitrogens with zero attached hydrogens (tertiary/aromatic N) is 1. The number of amides is 1. The van der Waals surface area contributed by atoms with Gasteiger partial charge in [0.05, 0.1) is 4.92 Å². The molecule has 0 aliphatic heterocycles. The molecule has 0 aliphatic rings. The van der Waals surface area contributed by atoms with Crippen LogP contribution in [0.25, 0.3) is 11.0 Å². The fourth-order valence-corrected chi connectivity index (χ4v) is 3.54. The number of aryl methyl sites for hydroxylation is 2. The van der Waals surface area contributed by atoms with Gasteiger partial charge >= 0.3 is 11.6 Å². The molecule has 9 nitrogen and oxygen atoms in total. The first-order chi connectivity index (χ1) is 16.0. The molecule has 1 N–H and O–H groups in total. The van der Waals surface area contributed by atoms with Crippen molar-refractivity contribution in [2.75, 3.05) is 0 Å². The normalized spacial score (nSPS) is 11.9. The first-order valence-corrected chi connectivity index (χ1v) is 10.8. The Labute approximate surface area is 199 Å². The third-order valence-electron chi connectivity index (χ3n) is 5.43. The lowest BCUT2D eigenvalue weighted by molar-refractivity contribution is -0.384. The number of nitrogens with one attached hydrogen (secondary N) is 1. The number of rotatable bonds is 7. The van der Waals surface area contributed by atoms with Gasteiger partial charge in [-0.1, -0.05) is 25.4 Å². The third-order valence-corrected chi connectivity index (χ3v) is 5.75. The number of hydrogen-bond donors (Lipinski definition) is 1. The number of hydrogen-bond acceptors (Lipinski definition) is 7. The molecule has 0 aliphatic carbocycles. The quantitative estimate of drug-likeness (QED) is 0.226. The van der Waals surface area contributed by atoms with Crippen LogP contribution in [0, 0.1) is 29.9 Å². The van der Waals surface area contributed by atoms with Crippen LogP contribution in [0.4, 0.5) is 5.69 Å². The summed E-state index contributed by atoms with van der Waals surface area (Å²) >= 11 is 5.80. The Morgan fingerprint density at radius 2 is 1.82 bits per heavy atom. The second-order valence-electron chi connectivity index (χ2n) is 8.25. The zero-order valence-corrected chi connectivity index (χ0v) is 19.8. The minimum Gasteiger partial charge on any atom is -0.459 e. The minimum atomic E-state index is -1.03. The van der Waals surface area contributed by atoms with Gasteiger partial charge in [-0.05, 0) is 55.2 Å². The second kappa shape index (κ2) is 10.0. The molecule has 1 heterocycles. The summed E-state index contributed by atoms with van der Waals surface area (Å²) < 4.78 is 10.7. The molecule has 0 spiro atoms. The molecule has 1 atom stereocenters. The maximum absolute atomic E-state index is 12.8. The van der Waals surface area contributed by atoms with Crippen molar-refractivity contribution in [2.45, 2.75) is 40.3 Å². The molecule has 34 heavy (non-hydrogen) atoms. The van der Waals surface area contributed by atoms with E-state index in [-0.39, 0.29) is 23.1 Å². The lowest BCUT2D eigenvalue weighted by atomic mass is 10.0. The highest BCUT2D eigenvalue weighted by Crippen LogP contribution is 2.25. The van der Waals surface area contributed by atoms with Crippen LogP contribution in [0.3, 0.4) is 0 Å². The van der Waals surface area contributed by atoms with Crippen molar-refractivity contribution >= 4 is 40.1 Å². The van der Waals surface area contributed by atoms with Crippen molar-refractivity contribution < 1.29 is 23.7 Å². The van der Waals surface area contributed by atoms with Gasteiger partial charge in [-0.3, -0.25) is 14.9 Å². The molecule has 1 aromatic heterocycles. The van der Waals surface area contributed by atoms with Gasteiger partial charge in [-0.2, -0.15) is 0 Å². The number of nitro benzene ring substituents is 1. The molecule has 0 bridgehead atoms. The molecular formula is C24H23ClN2O7.